The highest BCUT2D eigenvalue weighted by atomic mass is 15.3. The van der Waals surface area contributed by atoms with Crippen LogP contribution < -0.4 is 5.73 Å². The van der Waals surface area contributed by atoms with Gasteiger partial charge >= 0.3 is 0 Å². The minimum absolute atomic E-state index is 0.00403. The zero-order chi connectivity index (χ0) is 8.55. The molecular formula is C8H14N4. The second-order valence-electron chi connectivity index (χ2n) is 3.37. The van der Waals surface area contributed by atoms with Gasteiger partial charge in [-0.05, 0) is 19.8 Å². The van der Waals surface area contributed by atoms with Gasteiger partial charge in [0.05, 0.1) is 6.04 Å². The van der Waals surface area contributed by atoms with Crippen LogP contribution in [0.2, 0.25) is 0 Å². The Hall–Kier alpha value is -0.900. The molecule has 0 saturated heterocycles. The Balaban J connectivity index is 2.38. The van der Waals surface area contributed by atoms with E-state index in [1.165, 1.54) is 12.8 Å². The monoisotopic (exact) mass is 166 g/mol. The Morgan fingerprint density at radius 2 is 2.25 bits per heavy atom. The van der Waals surface area contributed by atoms with E-state index in [0.717, 1.165) is 24.6 Å². The van der Waals surface area contributed by atoms with Crippen molar-refractivity contribution in [3.8, 4) is 0 Å². The van der Waals surface area contributed by atoms with Crippen molar-refractivity contribution < 1.29 is 0 Å². The lowest BCUT2D eigenvalue weighted by Crippen LogP contribution is -2.17. The summed E-state index contributed by atoms with van der Waals surface area (Å²) in [6, 6.07) is 0.00403. The summed E-state index contributed by atoms with van der Waals surface area (Å²) < 4.78 is 2.16. The number of nitrogens with zero attached hydrogens (tertiary/aromatic N) is 3. The summed E-state index contributed by atoms with van der Waals surface area (Å²) in [5, 5.41) is 8.20. The van der Waals surface area contributed by atoms with Crippen molar-refractivity contribution >= 4 is 0 Å². The Morgan fingerprint density at radius 1 is 1.42 bits per heavy atom. The normalized spacial score (nSPS) is 18.8. The molecule has 1 aliphatic rings. The van der Waals surface area contributed by atoms with E-state index in [2.05, 4.69) is 14.8 Å². The summed E-state index contributed by atoms with van der Waals surface area (Å²) in [7, 11) is 0. The van der Waals surface area contributed by atoms with Crippen molar-refractivity contribution in [1.29, 1.82) is 0 Å². The van der Waals surface area contributed by atoms with Crippen LogP contribution in [0.25, 0.3) is 0 Å². The number of hydrogen-bond acceptors (Lipinski definition) is 3. The molecule has 1 unspecified atom stereocenters. The smallest absolute Gasteiger partial charge is 0.149 e. The van der Waals surface area contributed by atoms with E-state index in [1.807, 2.05) is 6.92 Å². The standard InChI is InChI=1S/C8H14N4/c1-6(9)8-11-10-7-4-2-3-5-12(7)8/h6H,2-5,9H2,1H3. The van der Waals surface area contributed by atoms with Gasteiger partial charge in [-0.25, -0.2) is 0 Å². The van der Waals surface area contributed by atoms with Crippen LogP contribution in [0.5, 0.6) is 0 Å². The van der Waals surface area contributed by atoms with Gasteiger partial charge in [0.2, 0.25) is 0 Å². The Bertz CT molecular complexity index is 277. The summed E-state index contributed by atoms with van der Waals surface area (Å²) in [5.74, 6) is 2.04. The van der Waals surface area contributed by atoms with E-state index in [1.54, 1.807) is 0 Å². The number of fused-ring (bicyclic) bond motifs is 1. The first-order chi connectivity index (χ1) is 5.79. The third-order valence-corrected chi connectivity index (χ3v) is 2.30. The summed E-state index contributed by atoms with van der Waals surface area (Å²) in [6.45, 7) is 2.99. The molecule has 0 radical (unpaired) electrons. The molecule has 1 aromatic heterocycles. The molecular weight excluding hydrogens is 152 g/mol. The van der Waals surface area contributed by atoms with Gasteiger partial charge < -0.3 is 10.3 Å². The van der Waals surface area contributed by atoms with Crippen molar-refractivity contribution in [3.63, 3.8) is 0 Å². The Kier molecular flexibility index (Phi) is 1.84. The molecule has 2 heterocycles. The van der Waals surface area contributed by atoms with Gasteiger partial charge in [-0.2, -0.15) is 0 Å². The molecule has 0 spiro atoms. The fourth-order valence-electron chi connectivity index (χ4n) is 1.67. The largest absolute Gasteiger partial charge is 0.322 e. The average molecular weight is 166 g/mol. The lowest BCUT2D eigenvalue weighted by molar-refractivity contribution is 0.496. The van der Waals surface area contributed by atoms with E-state index in [-0.39, 0.29) is 6.04 Å². The number of aromatic nitrogens is 3. The lowest BCUT2D eigenvalue weighted by atomic mass is 10.1. The minimum Gasteiger partial charge on any atom is -0.322 e. The summed E-state index contributed by atoms with van der Waals surface area (Å²) in [4.78, 5) is 0. The molecule has 0 saturated carbocycles. The Morgan fingerprint density at radius 3 is 3.00 bits per heavy atom. The highest BCUT2D eigenvalue weighted by Gasteiger charge is 2.17. The SMILES string of the molecule is CC(N)c1nnc2n1CCCC2. The minimum atomic E-state index is 0.00403. The molecule has 1 aromatic rings. The summed E-state index contributed by atoms with van der Waals surface area (Å²) in [5.41, 5.74) is 5.76. The molecule has 2 rings (SSSR count). The van der Waals surface area contributed by atoms with E-state index in [4.69, 9.17) is 5.73 Å². The third-order valence-electron chi connectivity index (χ3n) is 2.30. The molecule has 0 fully saturated rings. The van der Waals surface area contributed by atoms with Gasteiger partial charge in [0.15, 0.2) is 0 Å². The van der Waals surface area contributed by atoms with Crippen LogP contribution in [0, 0.1) is 0 Å². The molecule has 2 N–H and O–H groups in total. The van der Waals surface area contributed by atoms with Crippen molar-refractivity contribution in [1.82, 2.24) is 14.8 Å². The molecule has 4 nitrogen and oxygen atoms in total. The van der Waals surface area contributed by atoms with Crippen LogP contribution >= 0.6 is 0 Å². The molecule has 0 aromatic carbocycles. The van der Waals surface area contributed by atoms with Crippen LogP contribution in [0.15, 0.2) is 0 Å². The van der Waals surface area contributed by atoms with Gasteiger partial charge in [0.1, 0.15) is 11.6 Å². The quantitative estimate of drug-likeness (QED) is 0.666. The number of nitrogens with two attached hydrogens (primary N) is 1. The molecule has 12 heavy (non-hydrogen) atoms. The Labute approximate surface area is 71.8 Å². The number of hydrogen-bond donors (Lipinski definition) is 1. The molecule has 0 aliphatic carbocycles. The first kappa shape index (κ1) is 7.73. The molecule has 0 bridgehead atoms. The van der Waals surface area contributed by atoms with Crippen molar-refractivity contribution in [2.45, 2.75) is 38.8 Å². The van der Waals surface area contributed by atoms with Crippen LogP contribution in [0.3, 0.4) is 0 Å². The fourth-order valence-corrected chi connectivity index (χ4v) is 1.67. The maximum absolute atomic E-state index is 5.76. The highest BCUT2D eigenvalue weighted by molar-refractivity contribution is 5.01. The number of rotatable bonds is 1. The zero-order valence-electron chi connectivity index (χ0n) is 7.32. The van der Waals surface area contributed by atoms with Crippen LogP contribution in [0.1, 0.15) is 37.5 Å². The van der Waals surface area contributed by atoms with Gasteiger partial charge in [-0.1, -0.05) is 0 Å². The zero-order valence-corrected chi connectivity index (χ0v) is 7.32. The predicted molar refractivity (Wildman–Crippen MR) is 45.6 cm³/mol. The van der Waals surface area contributed by atoms with Crippen LogP contribution in [-0.2, 0) is 13.0 Å². The second-order valence-corrected chi connectivity index (χ2v) is 3.37. The van der Waals surface area contributed by atoms with Crippen LogP contribution in [-0.4, -0.2) is 14.8 Å². The van der Waals surface area contributed by atoms with Gasteiger partial charge in [-0.3, -0.25) is 0 Å². The maximum atomic E-state index is 5.76. The van der Waals surface area contributed by atoms with E-state index in [0.29, 0.717) is 0 Å². The van der Waals surface area contributed by atoms with Crippen LogP contribution in [0.4, 0.5) is 0 Å². The first-order valence-corrected chi connectivity index (χ1v) is 4.46. The average Bonchev–Trinajstić information content (AvgIpc) is 2.47. The van der Waals surface area contributed by atoms with E-state index in [9.17, 15) is 0 Å². The fraction of sp³-hybridized carbons (Fsp3) is 0.750. The molecule has 4 heteroatoms. The second kappa shape index (κ2) is 2.86. The van der Waals surface area contributed by atoms with E-state index < -0.39 is 0 Å². The third kappa shape index (κ3) is 1.12. The summed E-state index contributed by atoms with van der Waals surface area (Å²) >= 11 is 0. The van der Waals surface area contributed by atoms with Gasteiger partial charge in [-0.15, -0.1) is 10.2 Å². The predicted octanol–water partition coefficient (Wildman–Crippen LogP) is 0.634. The molecule has 1 aliphatic heterocycles. The first-order valence-electron chi connectivity index (χ1n) is 4.46. The maximum Gasteiger partial charge on any atom is 0.149 e. The topological polar surface area (TPSA) is 56.7 Å². The van der Waals surface area contributed by atoms with E-state index >= 15 is 0 Å². The molecule has 0 amide bonds. The summed E-state index contributed by atoms with van der Waals surface area (Å²) in [6.07, 6.45) is 3.52. The van der Waals surface area contributed by atoms with Crippen molar-refractivity contribution in [2.24, 2.45) is 5.73 Å². The van der Waals surface area contributed by atoms with Crippen molar-refractivity contribution in [2.75, 3.05) is 0 Å². The number of aryl methyl sites for hydroxylation is 1. The van der Waals surface area contributed by atoms with Gasteiger partial charge in [0.25, 0.3) is 0 Å². The lowest BCUT2D eigenvalue weighted by Gasteiger charge is -2.15. The molecule has 1 atom stereocenters. The van der Waals surface area contributed by atoms with Crippen molar-refractivity contribution in [3.05, 3.63) is 11.6 Å². The highest BCUT2D eigenvalue weighted by Crippen LogP contribution is 2.16. The molecule has 66 valence electrons. The van der Waals surface area contributed by atoms with Gasteiger partial charge in [0, 0.05) is 13.0 Å².